The van der Waals surface area contributed by atoms with Crippen LogP contribution in [0.2, 0.25) is 0 Å². The second-order valence-corrected chi connectivity index (χ2v) is 5.54. The molecular formula is C13H15F3N2O2. The summed E-state index contributed by atoms with van der Waals surface area (Å²) in [5.41, 5.74) is -0.257. The lowest BCUT2D eigenvalue weighted by Gasteiger charge is -2.23. The molecule has 1 fully saturated rings. The van der Waals surface area contributed by atoms with Gasteiger partial charge in [0.1, 0.15) is 6.54 Å². The summed E-state index contributed by atoms with van der Waals surface area (Å²) < 4.78 is 45.3. The molecule has 0 radical (unpaired) electrons. The van der Waals surface area contributed by atoms with Crippen LogP contribution in [0.1, 0.15) is 42.6 Å². The van der Waals surface area contributed by atoms with Crippen molar-refractivity contribution in [2.75, 3.05) is 7.11 Å². The van der Waals surface area contributed by atoms with E-state index in [2.05, 4.69) is 9.84 Å². The van der Waals surface area contributed by atoms with Gasteiger partial charge in [0, 0.05) is 11.3 Å². The van der Waals surface area contributed by atoms with Crippen LogP contribution in [-0.2, 0) is 34.1 Å². The third kappa shape index (κ3) is 1.99. The first-order valence-corrected chi connectivity index (χ1v) is 6.61. The van der Waals surface area contributed by atoms with E-state index in [1.54, 1.807) is 0 Å². The molecule has 1 heterocycles. The van der Waals surface area contributed by atoms with Gasteiger partial charge >= 0.3 is 12.1 Å². The number of ether oxygens (including phenoxy) is 1. The van der Waals surface area contributed by atoms with E-state index in [9.17, 15) is 18.0 Å². The van der Waals surface area contributed by atoms with Crippen molar-refractivity contribution in [3.8, 4) is 0 Å². The number of hydrogen-bond donors (Lipinski definition) is 0. The normalized spacial score (nSPS) is 19.8. The van der Waals surface area contributed by atoms with Crippen molar-refractivity contribution in [2.24, 2.45) is 0 Å². The highest BCUT2D eigenvalue weighted by Crippen LogP contribution is 2.58. The highest BCUT2D eigenvalue weighted by atomic mass is 19.4. The second kappa shape index (κ2) is 4.23. The monoisotopic (exact) mass is 288 g/mol. The molecule has 1 aromatic rings. The first kappa shape index (κ1) is 13.5. The quantitative estimate of drug-likeness (QED) is 0.785. The van der Waals surface area contributed by atoms with Crippen LogP contribution in [0.3, 0.4) is 0 Å². The molecule has 0 saturated heterocycles. The fourth-order valence-electron chi connectivity index (χ4n) is 3.19. The number of rotatable bonds is 2. The van der Waals surface area contributed by atoms with Gasteiger partial charge in [-0.2, -0.15) is 18.3 Å². The second-order valence-electron chi connectivity index (χ2n) is 5.54. The van der Waals surface area contributed by atoms with Gasteiger partial charge in [0.25, 0.3) is 0 Å². The number of carbonyl (C=O) groups is 1. The van der Waals surface area contributed by atoms with Crippen molar-refractivity contribution >= 4 is 5.97 Å². The number of esters is 1. The number of halogens is 3. The molecule has 110 valence electrons. The van der Waals surface area contributed by atoms with Crippen LogP contribution in [0.25, 0.3) is 0 Å². The minimum Gasteiger partial charge on any atom is -0.468 e. The molecule has 1 aromatic heterocycles. The summed E-state index contributed by atoms with van der Waals surface area (Å²) in [5.74, 6) is -0.584. The number of methoxy groups -OCH3 is 1. The molecule has 0 aliphatic heterocycles. The number of aromatic nitrogens is 2. The van der Waals surface area contributed by atoms with Gasteiger partial charge in [0.2, 0.25) is 0 Å². The fraction of sp³-hybridized carbons (Fsp3) is 0.692. The Morgan fingerprint density at radius 3 is 2.65 bits per heavy atom. The SMILES string of the molecule is COC(=O)Cn1nc(C(F)(F)F)c2c1CCCC21CC1. The topological polar surface area (TPSA) is 44.1 Å². The molecule has 1 spiro atoms. The minimum absolute atomic E-state index is 0.259. The molecule has 7 heteroatoms. The average Bonchev–Trinajstić information content (AvgIpc) is 3.02. The smallest absolute Gasteiger partial charge is 0.435 e. The maximum atomic E-state index is 13.2. The molecule has 0 bridgehead atoms. The van der Waals surface area contributed by atoms with Gasteiger partial charge in [0.05, 0.1) is 7.11 Å². The van der Waals surface area contributed by atoms with E-state index >= 15 is 0 Å². The van der Waals surface area contributed by atoms with Gasteiger partial charge in [-0.3, -0.25) is 9.48 Å². The van der Waals surface area contributed by atoms with Crippen LogP contribution in [0.15, 0.2) is 0 Å². The summed E-state index contributed by atoms with van der Waals surface area (Å²) in [6.45, 7) is -0.259. The average molecular weight is 288 g/mol. The molecule has 1 saturated carbocycles. The maximum Gasteiger partial charge on any atom is 0.435 e. The van der Waals surface area contributed by atoms with Crippen LogP contribution in [0.5, 0.6) is 0 Å². The molecule has 0 atom stereocenters. The number of fused-ring (bicyclic) bond motifs is 2. The minimum atomic E-state index is -4.47. The summed E-state index contributed by atoms with van der Waals surface area (Å²) in [5, 5.41) is 3.68. The zero-order chi connectivity index (χ0) is 14.5. The van der Waals surface area contributed by atoms with Crippen molar-refractivity contribution < 1.29 is 22.7 Å². The summed E-state index contributed by atoms with van der Waals surface area (Å²) in [4.78, 5) is 11.3. The Morgan fingerprint density at radius 1 is 1.40 bits per heavy atom. The maximum absolute atomic E-state index is 13.2. The summed E-state index contributed by atoms with van der Waals surface area (Å²) in [6.07, 6.45) is -0.736. The summed E-state index contributed by atoms with van der Waals surface area (Å²) in [7, 11) is 1.21. The zero-order valence-electron chi connectivity index (χ0n) is 11.1. The molecule has 0 N–H and O–H groups in total. The molecule has 0 amide bonds. The van der Waals surface area contributed by atoms with Crippen molar-refractivity contribution in [1.82, 2.24) is 9.78 Å². The summed E-state index contributed by atoms with van der Waals surface area (Å²) >= 11 is 0. The van der Waals surface area contributed by atoms with Crippen molar-refractivity contribution in [3.63, 3.8) is 0 Å². The third-order valence-electron chi connectivity index (χ3n) is 4.29. The Balaban J connectivity index is 2.10. The van der Waals surface area contributed by atoms with Crippen molar-refractivity contribution in [3.05, 3.63) is 17.0 Å². The van der Waals surface area contributed by atoms with Crippen LogP contribution < -0.4 is 0 Å². The van der Waals surface area contributed by atoms with E-state index in [4.69, 9.17) is 0 Å². The van der Waals surface area contributed by atoms with Crippen molar-refractivity contribution in [2.45, 2.75) is 50.2 Å². The van der Waals surface area contributed by atoms with Crippen LogP contribution >= 0.6 is 0 Å². The Labute approximate surface area is 113 Å². The molecular weight excluding hydrogens is 273 g/mol. The Morgan fingerprint density at radius 2 is 2.10 bits per heavy atom. The van der Waals surface area contributed by atoms with Gasteiger partial charge in [-0.05, 0) is 37.5 Å². The van der Waals surface area contributed by atoms with E-state index in [0.29, 0.717) is 17.7 Å². The highest BCUT2D eigenvalue weighted by molar-refractivity contribution is 5.69. The Bertz CT molecular complexity index is 559. The lowest BCUT2D eigenvalue weighted by molar-refractivity contribution is -0.144. The number of hydrogen-bond acceptors (Lipinski definition) is 3. The number of nitrogens with zero attached hydrogens (tertiary/aromatic N) is 2. The Kier molecular flexibility index (Phi) is 2.85. The molecule has 2 aliphatic rings. The van der Waals surface area contributed by atoms with E-state index in [0.717, 1.165) is 25.7 Å². The van der Waals surface area contributed by atoms with Crippen molar-refractivity contribution in [1.29, 1.82) is 0 Å². The van der Waals surface area contributed by atoms with Gasteiger partial charge in [0.15, 0.2) is 5.69 Å². The molecule has 3 rings (SSSR count). The lowest BCUT2D eigenvalue weighted by atomic mass is 9.82. The fourth-order valence-corrected chi connectivity index (χ4v) is 3.19. The standard InChI is InChI=1S/C13H15F3N2O2/c1-20-9(19)7-18-8-3-2-4-12(5-6-12)10(8)11(17-18)13(14,15)16/h2-7H2,1H3. The molecule has 4 nitrogen and oxygen atoms in total. The lowest BCUT2D eigenvalue weighted by Crippen LogP contribution is -2.21. The zero-order valence-corrected chi connectivity index (χ0v) is 11.1. The third-order valence-corrected chi connectivity index (χ3v) is 4.29. The van der Waals surface area contributed by atoms with E-state index in [-0.39, 0.29) is 12.0 Å². The number of carbonyl (C=O) groups excluding carboxylic acids is 1. The largest absolute Gasteiger partial charge is 0.468 e. The summed E-state index contributed by atoms with van der Waals surface area (Å²) in [6, 6.07) is 0. The van der Waals surface area contributed by atoms with E-state index in [1.165, 1.54) is 11.8 Å². The molecule has 20 heavy (non-hydrogen) atoms. The van der Waals surface area contributed by atoms with Crippen LogP contribution in [0.4, 0.5) is 13.2 Å². The highest BCUT2D eigenvalue weighted by Gasteiger charge is 2.54. The Hall–Kier alpha value is -1.53. The molecule has 2 aliphatic carbocycles. The predicted octanol–water partition coefficient (Wildman–Crippen LogP) is 2.44. The van der Waals surface area contributed by atoms with Gasteiger partial charge in [-0.15, -0.1) is 0 Å². The van der Waals surface area contributed by atoms with E-state index < -0.39 is 17.8 Å². The first-order chi connectivity index (χ1) is 9.37. The molecule has 0 unspecified atom stereocenters. The van der Waals surface area contributed by atoms with Crippen LogP contribution in [0, 0.1) is 0 Å². The van der Waals surface area contributed by atoms with Crippen LogP contribution in [-0.4, -0.2) is 22.9 Å². The van der Waals surface area contributed by atoms with E-state index in [1.807, 2.05) is 0 Å². The van der Waals surface area contributed by atoms with Gasteiger partial charge in [-0.1, -0.05) is 0 Å². The number of alkyl halides is 3. The molecule has 0 aromatic carbocycles. The predicted molar refractivity (Wildman–Crippen MR) is 63.1 cm³/mol. The van der Waals surface area contributed by atoms with Gasteiger partial charge in [-0.25, -0.2) is 0 Å². The first-order valence-electron chi connectivity index (χ1n) is 6.61. The van der Waals surface area contributed by atoms with Gasteiger partial charge < -0.3 is 4.74 Å².